The molecule has 2 rings (SSSR count). The van der Waals surface area contributed by atoms with Gasteiger partial charge in [-0.3, -0.25) is 0 Å². The lowest BCUT2D eigenvalue weighted by atomic mass is 10.3. The van der Waals surface area contributed by atoms with Crippen molar-refractivity contribution in [2.45, 2.75) is 0 Å². The first kappa shape index (κ1) is 15.2. The second kappa shape index (κ2) is 8.14. The zero-order chi connectivity index (χ0) is 14.9. The van der Waals surface area contributed by atoms with Gasteiger partial charge in [-0.25, -0.2) is 0 Å². The molecule has 5 nitrogen and oxygen atoms in total. The molecule has 2 N–H and O–H groups in total. The van der Waals surface area contributed by atoms with Crippen LogP contribution in [0.5, 0.6) is 23.0 Å². The first-order valence-corrected chi connectivity index (χ1v) is 6.68. The van der Waals surface area contributed by atoms with E-state index in [-0.39, 0.29) is 26.4 Å². The van der Waals surface area contributed by atoms with Crippen molar-refractivity contribution < 1.29 is 24.4 Å². The van der Waals surface area contributed by atoms with Crippen LogP contribution in [0.4, 0.5) is 0 Å². The molecule has 0 aliphatic heterocycles. The predicted octanol–water partition coefficient (Wildman–Crippen LogP) is 2.22. The average molecular weight is 290 g/mol. The van der Waals surface area contributed by atoms with E-state index in [4.69, 9.17) is 24.4 Å². The van der Waals surface area contributed by atoms with E-state index in [0.717, 1.165) is 0 Å². The van der Waals surface area contributed by atoms with Crippen molar-refractivity contribution in [1.29, 1.82) is 0 Å². The minimum atomic E-state index is -0.0649. The molecule has 2 aromatic carbocycles. The fourth-order valence-electron chi connectivity index (χ4n) is 1.74. The first-order valence-electron chi connectivity index (χ1n) is 6.68. The summed E-state index contributed by atoms with van der Waals surface area (Å²) in [5.41, 5.74) is 0. The predicted molar refractivity (Wildman–Crippen MR) is 78.1 cm³/mol. The van der Waals surface area contributed by atoms with Gasteiger partial charge in [0, 0.05) is 0 Å². The Labute approximate surface area is 123 Å². The van der Waals surface area contributed by atoms with E-state index in [1.807, 2.05) is 24.3 Å². The third-order valence-electron chi connectivity index (χ3n) is 2.62. The molecule has 0 fully saturated rings. The molecule has 0 spiro atoms. The summed E-state index contributed by atoms with van der Waals surface area (Å²) < 4.78 is 16.7. The van der Waals surface area contributed by atoms with Crippen LogP contribution in [0.1, 0.15) is 0 Å². The Kier molecular flexibility index (Phi) is 5.87. The van der Waals surface area contributed by atoms with Crippen molar-refractivity contribution in [2.24, 2.45) is 0 Å². The van der Waals surface area contributed by atoms with Gasteiger partial charge in [-0.1, -0.05) is 24.3 Å². The van der Waals surface area contributed by atoms with Crippen LogP contribution < -0.4 is 14.2 Å². The lowest BCUT2D eigenvalue weighted by molar-refractivity contribution is 0.193. The SMILES string of the molecule is OCCOc1ccccc1Oc1ccccc1OCCO. The minimum absolute atomic E-state index is 0.0649. The number of hydrogen-bond donors (Lipinski definition) is 2. The van der Waals surface area contributed by atoms with Crippen LogP contribution in [0.25, 0.3) is 0 Å². The first-order chi connectivity index (χ1) is 10.3. The number of para-hydroxylation sites is 4. The van der Waals surface area contributed by atoms with Crippen LogP contribution in [-0.4, -0.2) is 36.6 Å². The number of rotatable bonds is 8. The second-order valence-corrected chi connectivity index (χ2v) is 4.14. The van der Waals surface area contributed by atoms with Crippen LogP contribution in [0.15, 0.2) is 48.5 Å². The number of aliphatic hydroxyl groups is 2. The minimum Gasteiger partial charge on any atom is -0.487 e. The molecular weight excluding hydrogens is 272 g/mol. The van der Waals surface area contributed by atoms with Gasteiger partial charge >= 0.3 is 0 Å². The van der Waals surface area contributed by atoms with Crippen LogP contribution in [0.3, 0.4) is 0 Å². The van der Waals surface area contributed by atoms with Gasteiger partial charge in [-0.2, -0.15) is 0 Å². The van der Waals surface area contributed by atoms with Crippen LogP contribution in [0, 0.1) is 0 Å². The van der Waals surface area contributed by atoms with Crippen molar-refractivity contribution in [3.63, 3.8) is 0 Å². The van der Waals surface area contributed by atoms with Gasteiger partial charge in [0.2, 0.25) is 0 Å². The molecule has 0 aromatic heterocycles. The molecule has 0 heterocycles. The van der Waals surface area contributed by atoms with Crippen molar-refractivity contribution in [3.05, 3.63) is 48.5 Å². The lowest BCUT2D eigenvalue weighted by Crippen LogP contribution is -2.04. The number of aliphatic hydroxyl groups excluding tert-OH is 2. The molecule has 0 bridgehead atoms. The Morgan fingerprint density at radius 2 is 1.00 bits per heavy atom. The molecule has 0 aliphatic rings. The van der Waals surface area contributed by atoms with Gasteiger partial charge in [-0.15, -0.1) is 0 Å². The summed E-state index contributed by atoms with van der Waals surface area (Å²) >= 11 is 0. The van der Waals surface area contributed by atoms with Gasteiger partial charge in [0.05, 0.1) is 13.2 Å². The Morgan fingerprint density at radius 3 is 1.38 bits per heavy atom. The normalized spacial score (nSPS) is 10.2. The van der Waals surface area contributed by atoms with Crippen molar-refractivity contribution in [1.82, 2.24) is 0 Å². The van der Waals surface area contributed by atoms with Gasteiger partial charge in [-0.05, 0) is 24.3 Å². The quantitative estimate of drug-likeness (QED) is 0.780. The summed E-state index contributed by atoms with van der Waals surface area (Å²) in [6.45, 7) is 0.265. The lowest BCUT2D eigenvalue weighted by Gasteiger charge is -2.14. The van der Waals surface area contributed by atoms with Gasteiger partial charge < -0.3 is 24.4 Å². The van der Waals surface area contributed by atoms with Crippen LogP contribution >= 0.6 is 0 Å². The van der Waals surface area contributed by atoms with Crippen LogP contribution in [0.2, 0.25) is 0 Å². The average Bonchev–Trinajstić information content (AvgIpc) is 2.53. The summed E-state index contributed by atoms with van der Waals surface area (Å²) in [4.78, 5) is 0. The fourth-order valence-corrected chi connectivity index (χ4v) is 1.74. The number of benzene rings is 2. The zero-order valence-corrected chi connectivity index (χ0v) is 11.6. The molecule has 0 aliphatic carbocycles. The highest BCUT2D eigenvalue weighted by Crippen LogP contribution is 2.36. The zero-order valence-electron chi connectivity index (χ0n) is 11.6. The Bertz CT molecular complexity index is 506. The maximum atomic E-state index is 8.84. The topological polar surface area (TPSA) is 68.2 Å². The number of hydrogen-bond acceptors (Lipinski definition) is 5. The Hall–Kier alpha value is -2.24. The molecule has 21 heavy (non-hydrogen) atoms. The Morgan fingerprint density at radius 1 is 0.619 bits per heavy atom. The summed E-state index contributed by atoms with van der Waals surface area (Å²) in [5.74, 6) is 2.16. The largest absolute Gasteiger partial charge is 0.487 e. The highest BCUT2D eigenvalue weighted by Gasteiger charge is 2.09. The molecule has 112 valence electrons. The molecule has 0 unspecified atom stereocenters. The molecule has 0 amide bonds. The molecule has 0 atom stereocenters. The molecule has 0 saturated carbocycles. The van der Waals surface area contributed by atoms with E-state index in [1.54, 1.807) is 24.3 Å². The number of ether oxygens (including phenoxy) is 3. The fraction of sp³-hybridized carbons (Fsp3) is 0.250. The highest BCUT2D eigenvalue weighted by molar-refractivity contribution is 5.47. The van der Waals surface area contributed by atoms with E-state index in [1.165, 1.54) is 0 Å². The third kappa shape index (κ3) is 4.37. The van der Waals surface area contributed by atoms with E-state index < -0.39 is 0 Å². The highest BCUT2D eigenvalue weighted by atomic mass is 16.5. The summed E-state index contributed by atoms with van der Waals surface area (Å²) in [7, 11) is 0. The summed E-state index contributed by atoms with van der Waals surface area (Å²) in [6, 6.07) is 14.4. The second-order valence-electron chi connectivity index (χ2n) is 4.14. The molecule has 0 radical (unpaired) electrons. The maximum Gasteiger partial charge on any atom is 0.169 e. The third-order valence-corrected chi connectivity index (χ3v) is 2.62. The van der Waals surface area contributed by atoms with Crippen molar-refractivity contribution >= 4 is 0 Å². The molecular formula is C16H18O5. The maximum absolute atomic E-state index is 8.84. The van der Waals surface area contributed by atoms with E-state index in [9.17, 15) is 0 Å². The monoisotopic (exact) mass is 290 g/mol. The van der Waals surface area contributed by atoms with Gasteiger partial charge in [0.25, 0.3) is 0 Å². The van der Waals surface area contributed by atoms with E-state index in [2.05, 4.69) is 0 Å². The van der Waals surface area contributed by atoms with Crippen molar-refractivity contribution in [2.75, 3.05) is 26.4 Å². The van der Waals surface area contributed by atoms with E-state index >= 15 is 0 Å². The smallest absolute Gasteiger partial charge is 0.169 e. The van der Waals surface area contributed by atoms with E-state index in [0.29, 0.717) is 23.0 Å². The Balaban J connectivity index is 2.18. The van der Waals surface area contributed by atoms with Crippen molar-refractivity contribution in [3.8, 4) is 23.0 Å². The molecule has 2 aromatic rings. The van der Waals surface area contributed by atoms with Gasteiger partial charge in [0.15, 0.2) is 23.0 Å². The van der Waals surface area contributed by atoms with Crippen LogP contribution in [-0.2, 0) is 0 Å². The molecule has 5 heteroatoms. The standard InChI is InChI=1S/C16H18O5/c17-9-11-19-13-5-1-3-7-15(13)21-16-8-4-2-6-14(16)20-12-10-18/h1-8,17-18H,9-12H2. The summed E-state index contributed by atoms with van der Waals surface area (Å²) in [5, 5.41) is 17.7. The summed E-state index contributed by atoms with van der Waals surface area (Å²) in [6.07, 6.45) is 0. The van der Waals surface area contributed by atoms with Gasteiger partial charge in [0.1, 0.15) is 13.2 Å². The molecule has 0 saturated heterocycles.